The Hall–Kier alpha value is -0.0462. The minimum absolute atomic E-state index is 0.157. The average Bonchev–Trinajstić information content (AvgIpc) is 2.54. The maximum atomic E-state index is 6.96. The number of rotatable bonds is 5. The Kier molecular flexibility index (Phi) is 7.44. The van der Waals surface area contributed by atoms with Crippen LogP contribution in [0, 0.1) is 0 Å². The van der Waals surface area contributed by atoms with Crippen molar-refractivity contribution in [2.45, 2.75) is 89.5 Å². The lowest BCUT2D eigenvalue weighted by atomic mass is 10.1. The van der Waals surface area contributed by atoms with E-state index in [0.29, 0.717) is 5.25 Å². The Bertz CT molecular complexity index is 670. The first-order chi connectivity index (χ1) is 12.7. The molecule has 1 unspecified atom stereocenters. The normalized spacial score (nSPS) is 19.4. The van der Waals surface area contributed by atoms with Crippen LogP contribution in [0.15, 0.2) is 18.2 Å². The van der Waals surface area contributed by atoms with E-state index >= 15 is 0 Å². The Labute approximate surface area is 184 Å². The molecule has 0 N–H and O–H groups in total. The molecule has 1 heterocycles. The lowest BCUT2D eigenvalue weighted by Gasteiger charge is -2.41. The minimum atomic E-state index is -1.97. The van der Waals surface area contributed by atoms with E-state index in [4.69, 9.17) is 8.85 Å². The second kappa shape index (κ2) is 8.60. The van der Waals surface area contributed by atoms with Crippen molar-refractivity contribution in [3.8, 4) is 11.5 Å². The van der Waals surface area contributed by atoms with E-state index in [1.54, 1.807) is 0 Å². The largest absolute Gasteiger partial charge is 0.541 e. The number of benzene rings is 1. The molecule has 0 saturated carbocycles. The van der Waals surface area contributed by atoms with Gasteiger partial charge in [-0.3, -0.25) is 0 Å². The summed E-state index contributed by atoms with van der Waals surface area (Å²) in [5, 5.41) is 1.98. The van der Waals surface area contributed by atoms with Crippen LogP contribution >= 0.6 is 23.5 Å². The molecule has 28 heavy (non-hydrogen) atoms. The fourth-order valence-electron chi connectivity index (χ4n) is 2.52. The van der Waals surface area contributed by atoms with E-state index in [2.05, 4.69) is 97.7 Å². The molecular weight excluding hydrogens is 417 g/mol. The van der Waals surface area contributed by atoms with Crippen LogP contribution in [0.2, 0.25) is 36.3 Å². The number of hydrogen-bond donors (Lipinski definition) is 0. The highest BCUT2D eigenvalue weighted by Gasteiger charge is 2.43. The Morgan fingerprint density at radius 2 is 1.46 bits per heavy atom. The van der Waals surface area contributed by atoms with Crippen LogP contribution in [0.5, 0.6) is 11.5 Å². The molecule has 0 aliphatic carbocycles. The lowest BCUT2D eigenvalue weighted by Crippen LogP contribution is -2.46. The van der Waals surface area contributed by atoms with E-state index in [1.165, 1.54) is 17.7 Å². The molecule has 0 amide bonds. The van der Waals surface area contributed by atoms with E-state index < -0.39 is 16.6 Å². The maximum Gasteiger partial charge on any atom is 0.250 e. The van der Waals surface area contributed by atoms with Crippen LogP contribution in [-0.2, 0) is 0 Å². The van der Waals surface area contributed by atoms with Gasteiger partial charge in [0.05, 0.1) is 0 Å². The summed E-state index contributed by atoms with van der Waals surface area (Å²) in [5.74, 6) is 3.22. The molecule has 0 spiro atoms. The minimum Gasteiger partial charge on any atom is -0.541 e. The molecule has 0 bridgehead atoms. The monoisotopic (exact) mass is 456 g/mol. The molecule has 1 aliphatic heterocycles. The Morgan fingerprint density at radius 1 is 0.893 bits per heavy atom. The summed E-state index contributed by atoms with van der Waals surface area (Å²) in [5.41, 5.74) is 1.34. The highest BCUT2D eigenvalue weighted by Crippen LogP contribution is 2.50. The van der Waals surface area contributed by atoms with Gasteiger partial charge in [-0.05, 0) is 54.5 Å². The third-order valence-electron chi connectivity index (χ3n) is 6.57. The van der Waals surface area contributed by atoms with E-state index in [9.17, 15) is 0 Å². The lowest BCUT2D eigenvalue weighted by molar-refractivity contribution is 0.436. The van der Waals surface area contributed by atoms with Gasteiger partial charge in [0.1, 0.15) is 11.5 Å². The first kappa shape index (κ1) is 24.2. The van der Waals surface area contributed by atoms with Crippen molar-refractivity contribution >= 4 is 40.2 Å². The van der Waals surface area contributed by atoms with Crippen molar-refractivity contribution in [3.05, 3.63) is 23.8 Å². The third-order valence-corrected chi connectivity index (χ3v) is 17.9. The van der Waals surface area contributed by atoms with Crippen LogP contribution in [0.4, 0.5) is 0 Å². The molecule has 2 rings (SSSR count). The molecule has 0 radical (unpaired) electrons. The summed E-state index contributed by atoms with van der Waals surface area (Å²) in [6.07, 6.45) is 1.20. The van der Waals surface area contributed by atoms with E-state index in [-0.39, 0.29) is 10.1 Å². The van der Waals surface area contributed by atoms with Gasteiger partial charge in [0, 0.05) is 15.9 Å². The molecule has 1 saturated heterocycles. The zero-order valence-corrected chi connectivity index (χ0v) is 23.2. The van der Waals surface area contributed by atoms with Gasteiger partial charge in [-0.2, -0.15) is 11.8 Å². The predicted octanol–water partition coefficient (Wildman–Crippen LogP) is 8.32. The van der Waals surface area contributed by atoms with Gasteiger partial charge in [-0.15, -0.1) is 11.8 Å². The van der Waals surface area contributed by atoms with Crippen molar-refractivity contribution < 1.29 is 8.85 Å². The fraction of sp³-hybridized carbons (Fsp3) is 0.727. The summed E-state index contributed by atoms with van der Waals surface area (Å²) in [4.78, 5) is 0. The van der Waals surface area contributed by atoms with Crippen LogP contribution in [-0.4, -0.2) is 27.5 Å². The molecule has 1 fully saturated rings. The van der Waals surface area contributed by atoms with Gasteiger partial charge in [0.15, 0.2) is 0 Å². The van der Waals surface area contributed by atoms with E-state index in [1.807, 2.05) is 11.8 Å². The quantitative estimate of drug-likeness (QED) is 0.414. The second-order valence-corrected chi connectivity index (χ2v) is 23.0. The first-order valence-corrected chi connectivity index (χ1v) is 18.4. The van der Waals surface area contributed by atoms with Gasteiger partial charge >= 0.3 is 0 Å². The van der Waals surface area contributed by atoms with Crippen LogP contribution < -0.4 is 8.85 Å². The van der Waals surface area contributed by atoms with Crippen LogP contribution in [0.25, 0.3) is 0 Å². The number of hydrogen-bond acceptors (Lipinski definition) is 4. The molecule has 2 nitrogen and oxygen atoms in total. The van der Waals surface area contributed by atoms with Crippen molar-refractivity contribution in [2.75, 3.05) is 10.8 Å². The van der Waals surface area contributed by atoms with Gasteiger partial charge in [0.25, 0.3) is 16.6 Å². The Balaban J connectivity index is 2.52. The Morgan fingerprint density at radius 3 is 1.96 bits per heavy atom. The first-order valence-electron chi connectivity index (χ1n) is 10.4. The molecule has 1 aliphatic rings. The molecule has 1 atom stereocenters. The van der Waals surface area contributed by atoms with Crippen LogP contribution in [0.1, 0.15) is 58.8 Å². The zero-order valence-electron chi connectivity index (χ0n) is 19.6. The standard InChI is InChI=1S/C22H40O2S2Si2/c1-21(2,3)27(7,8)23-18-13-11-12-17(19-14-15-25-16-26-19)20(18)24-28(9,10)22(4,5)6/h11-13,19H,14-16H2,1-10H3. The maximum absolute atomic E-state index is 6.96. The molecule has 1 aromatic carbocycles. The van der Waals surface area contributed by atoms with Gasteiger partial charge < -0.3 is 8.85 Å². The molecule has 160 valence electrons. The topological polar surface area (TPSA) is 18.5 Å². The zero-order chi connectivity index (χ0) is 21.4. The molecule has 1 aromatic rings. The van der Waals surface area contributed by atoms with Crippen molar-refractivity contribution in [2.24, 2.45) is 0 Å². The summed E-state index contributed by atoms with van der Waals surface area (Å²) in [6, 6.07) is 6.57. The van der Waals surface area contributed by atoms with Crippen molar-refractivity contribution in [3.63, 3.8) is 0 Å². The smallest absolute Gasteiger partial charge is 0.250 e. The number of para-hydroxylation sites is 1. The van der Waals surface area contributed by atoms with Crippen molar-refractivity contribution in [1.29, 1.82) is 0 Å². The van der Waals surface area contributed by atoms with Crippen LogP contribution in [0.3, 0.4) is 0 Å². The SMILES string of the molecule is CC(C)(C)[Si](C)(C)Oc1cccc(C2CCSCS2)c1O[Si](C)(C)C(C)(C)C. The highest BCUT2D eigenvalue weighted by atomic mass is 32.2. The second-order valence-electron chi connectivity index (χ2n) is 10.9. The van der Waals surface area contributed by atoms with Gasteiger partial charge in [-0.25, -0.2) is 0 Å². The van der Waals surface area contributed by atoms with Gasteiger partial charge in [0.2, 0.25) is 0 Å². The summed E-state index contributed by atoms with van der Waals surface area (Å²) in [6.45, 7) is 23.1. The summed E-state index contributed by atoms with van der Waals surface area (Å²) in [7, 11) is -3.92. The number of thioether (sulfide) groups is 2. The highest BCUT2D eigenvalue weighted by molar-refractivity contribution is 8.16. The van der Waals surface area contributed by atoms with Gasteiger partial charge in [-0.1, -0.05) is 53.7 Å². The third kappa shape index (κ3) is 5.55. The fourth-order valence-corrected chi connectivity index (χ4v) is 7.29. The summed E-state index contributed by atoms with van der Waals surface area (Å²) >= 11 is 4.09. The van der Waals surface area contributed by atoms with E-state index in [0.717, 1.165) is 16.6 Å². The predicted molar refractivity (Wildman–Crippen MR) is 134 cm³/mol. The van der Waals surface area contributed by atoms with Crippen molar-refractivity contribution in [1.82, 2.24) is 0 Å². The molecule has 0 aromatic heterocycles. The summed E-state index contributed by atoms with van der Waals surface area (Å²) < 4.78 is 13.8. The molecular formula is C22H40O2S2Si2. The average molecular weight is 457 g/mol. The molecule has 6 heteroatoms.